The van der Waals surface area contributed by atoms with Gasteiger partial charge in [0.2, 0.25) is 0 Å². The van der Waals surface area contributed by atoms with Crippen LogP contribution in [0, 0.1) is 22.2 Å². The van der Waals surface area contributed by atoms with Crippen molar-refractivity contribution >= 4 is 0 Å². The molecular weight excluding hydrogens is 420 g/mol. The SMILES string of the molecule is CC1(C(C)(C(F)(F)F)C(F)(F)F)CCCC(C(C)(C(F)(F)F)C(F)(F)F)CC1. The summed E-state index contributed by atoms with van der Waals surface area (Å²) in [6.45, 7) is 0.460. The predicted octanol–water partition coefficient (Wildman–Crippen LogP) is 7.83. The molecule has 0 saturated heterocycles. The van der Waals surface area contributed by atoms with Crippen molar-refractivity contribution in [3.63, 3.8) is 0 Å². The first-order valence-electron chi connectivity index (χ1n) is 8.33. The summed E-state index contributed by atoms with van der Waals surface area (Å²) in [4.78, 5) is 0. The normalized spacial score (nSPS) is 26.9. The van der Waals surface area contributed by atoms with Crippen molar-refractivity contribution in [3.8, 4) is 0 Å². The summed E-state index contributed by atoms with van der Waals surface area (Å²) in [5, 5.41) is 0. The van der Waals surface area contributed by atoms with Gasteiger partial charge in [0.1, 0.15) is 0 Å². The molecule has 0 bridgehead atoms. The fraction of sp³-hybridized carbons (Fsp3) is 1.00. The van der Waals surface area contributed by atoms with E-state index in [4.69, 9.17) is 0 Å². The molecule has 0 nitrogen and oxygen atoms in total. The van der Waals surface area contributed by atoms with Crippen LogP contribution in [0.1, 0.15) is 52.9 Å². The number of rotatable bonds is 2. The molecule has 0 heterocycles. The molecule has 0 radical (unpaired) electrons. The molecule has 0 aliphatic heterocycles. The van der Waals surface area contributed by atoms with Crippen LogP contribution in [0.2, 0.25) is 0 Å². The largest absolute Gasteiger partial charge is 0.403 e. The van der Waals surface area contributed by atoms with Gasteiger partial charge in [-0.2, -0.15) is 52.7 Å². The number of alkyl halides is 12. The molecular formula is C16H20F12. The molecule has 1 saturated carbocycles. The van der Waals surface area contributed by atoms with Crippen molar-refractivity contribution in [1.82, 2.24) is 0 Å². The predicted molar refractivity (Wildman–Crippen MR) is 75.1 cm³/mol. The fourth-order valence-electron chi connectivity index (χ4n) is 4.05. The second-order valence-electron chi connectivity index (χ2n) is 8.01. The molecule has 0 amide bonds. The van der Waals surface area contributed by atoms with Gasteiger partial charge < -0.3 is 0 Å². The zero-order chi connectivity index (χ0) is 22.6. The van der Waals surface area contributed by atoms with Crippen molar-refractivity contribution in [3.05, 3.63) is 0 Å². The van der Waals surface area contributed by atoms with E-state index < -0.39 is 79.0 Å². The Kier molecular flexibility index (Phi) is 6.17. The lowest BCUT2D eigenvalue weighted by molar-refractivity contribution is -0.372. The summed E-state index contributed by atoms with van der Waals surface area (Å²) in [5.41, 5.74) is -11.1. The van der Waals surface area contributed by atoms with Gasteiger partial charge in [0.05, 0.1) is 0 Å². The minimum absolute atomic E-state index is 0.0833. The van der Waals surface area contributed by atoms with Crippen LogP contribution < -0.4 is 0 Å². The van der Waals surface area contributed by atoms with Crippen molar-refractivity contribution in [2.24, 2.45) is 22.2 Å². The Hall–Kier alpha value is -0.840. The first-order chi connectivity index (χ1) is 12.1. The molecule has 1 fully saturated rings. The molecule has 0 aromatic heterocycles. The molecule has 2 unspecified atom stereocenters. The van der Waals surface area contributed by atoms with Crippen LogP contribution in [0.3, 0.4) is 0 Å². The molecule has 1 aliphatic carbocycles. The number of halogens is 12. The van der Waals surface area contributed by atoms with E-state index in [0.29, 0.717) is 6.92 Å². The molecule has 1 rings (SSSR count). The van der Waals surface area contributed by atoms with E-state index in [1.165, 1.54) is 0 Å². The zero-order valence-corrected chi connectivity index (χ0v) is 15.1. The van der Waals surface area contributed by atoms with E-state index in [2.05, 4.69) is 0 Å². The summed E-state index contributed by atoms with van der Waals surface area (Å²) in [5.74, 6) is -2.18. The maximum atomic E-state index is 13.4. The Morgan fingerprint density at radius 3 is 1.32 bits per heavy atom. The second-order valence-corrected chi connectivity index (χ2v) is 8.01. The van der Waals surface area contributed by atoms with Gasteiger partial charge in [-0.3, -0.25) is 0 Å². The Bertz CT molecular complexity index is 522. The zero-order valence-electron chi connectivity index (χ0n) is 15.1. The highest BCUT2D eigenvalue weighted by Gasteiger charge is 2.76. The Balaban J connectivity index is 3.40. The van der Waals surface area contributed by atoms with Crippen molar-refractivity contribution in [2.45, 2.75) is 77.6 Å². The lowest BCUT2D eigenvalue weighted by Crippen LogP contribution is -2.58. The smallest absolute Gasteiger partial charge is 0.170 e. The summed E-state index contributed by atoms with van der Waals surface area (Å²) in [6, 6.07) is 0. The monoisotopic (exact) mass is 440 g/mol. The van der Waals surface area contributed by atoms with Gasteiger partial charge in [-0.1, -0.05) is 13.3 Å². The van der Waals surface area contributed by atoms with Crippen LogP contribution in [0.5, 0.6) is 0 Å². The van der Waals surface area contributed by atoms with Crippen LogP contribution in [0.25, 0.3) is 0 Å². The maximum absolute atomic E-state index is 13.4. The van der Waals surface area contributed by atoms with Gasteiger partial charge in [-0.05, 0) is 50.9 Å². The summed E-state index contributed by atoms with van der Waals surface area (Å²) >= 11 is 0. The first kappa shape index (κ1) is 25.2. The van der Waals surface area contributed by atoms with E-state index in [0.717, 1.165) is 0 Å². The second kappa shape index (κ2) is 6.85. The third-order valence-corrected chi connectivity index (χ3v) is 6.66. The van der Waals surface area contributed by atoms with Crippen LogP contribution in [0.4, 0.5) is 52.7 Å². The average molecular weight is 440 g/mol. The number of hydrogen-bond donors (Lipinski definition) is 0. The van der Waals surface area contributed by atoms with Gasteiger partial charge >= 0.3 is 24.7 Å². The van der Waals surface area contributed by atoms with Crippen molar-refractivity contribution in [1.29, 1.82) is 0 Å². The third-order valence-electron chi connectivity index (χ3n) is 6.66. The molecule has 0 aromatic rings. The quantitative estimate of drug-likeness (QED) is 0.303. The van der Waals surface area contributed by atoms with Gasteiger partial charge in [0, 0.05) is 0 Å². The summed E-state index contributed by atoms with van der Waals surface area (Å²) < 4.78 is 160. The van der Waals surface area contributed by atoms with E-state index in [9.17, 15) is 52.7 Å². The van der Waals surface area contributed by atoms with E-state index >= 15 is 0 Å². The van der Waals surface area contributed by atoms with Crippen LogP contribution in [0.15, 0.2) is 0 Å². The van der Waals surface area contributed by atoms with Gasteiger partial charge in [-0.15, -0.1) is 0 Å². The van der Waals surface area contributed by atoms with Crippen LogP contribution in [-0.2, 0) is 0 Å². The molecule has 28 heavy (non-hydrogen) atoms. The van der Waals surface area contributed by atoms with Gasteiger partial charge in [0.25, 0.3) is 0 Å². The lowest BCUT2D eigenvalue weighted by Gasteiger charge is -2.48. The summed E-state index contributed by atoms with van der Waals surface area (Å²) in [6.07, 6.45) is -27.4. The lowest BCUT2D eigenvalue weighted by atomic mass is 9.60. The topological polar surface area (TPSA) is 0 Å². The highest BCUT2D eigenvalue weighted by atomic mass is 19.4. The minimum atomic E-state index is -5.78. The Labute approximate surface area is 153 Å². The highest BCUT2D eigenvalue weighted by Crippen LogP contribution is 2.66. The average Bonchev–Trinajstić information content (AvgIpc) is 2.63. The van der Waals surface area contributed by atoms with Crippen LogP contribution >= 0.6 is 0 Å². The molecule has 168 valence electrons. The van der Waals surface area contributed by atoms with Crippen LogP contribution in [-0.4, -0.2) is 24.7 Å². The maximum Gasteiger partial charge on any atom is 0.403 e. The standard InChI is InChI=1S/C16H20F12/c1-10(12(3,15(23,24)25)16(26,27)28)7-4-5-9(6-8-10)11(2,13(17,18)19)14(20,21)22/h9H,4-8H2,1-3H3. The Morgan fingerprint density at radius 2 is 1.00 bits per heavy atom. The molecule has 2 atom stereocenters. The van der Waals surface area contributed by atoms with Crippen molar-refractivity contribution in [2.75, 3.05) is 0 Å². The Morgan fingerprint density at radius 1 is 0.607 bits per heavy atom. The molecule has 0 aromatic carbocycles. The molecule has 1 aliphatic rings. The van der Waals surface area contributed by atoms with E-state index in [1.54, 1.807) is 0 Å². The van der Waals surface area contributed by atoms with E-state index in [1.807, 2.05) is 0 Å². The molecule has 0 N–H and O–H groups in total. The molecule has 12 heteroatoms. The third kappa shape index (κ3) is 3.68. The van der Waals surface area contributed by atoms with Crippen molar-refractivity contribution < 1.29 is 52.7 Å². The van der Waals surface area contributed by atoms with Gasteiger partial charge in [-0.25, -0.2) is 0 Å². The van der Waals surface area contributed by atoms with E-state index in [-0.39, 0.29) is 13.8 Å². The minimum Gasteiger partial charge on any atom is -0.170 e. The highest BCUT2D eigenvalue weighted by molar-refractivity contribution is 5.05. The number of hydrogen-bond acceptors (Lipinski definition) is 0. The molecule has 0 spiro atoms. The summed E-state index contributed by atoms with van der Waals surface area (Å²) in [7, 11) is 0. The first-order valence-corrected chi connectivity index (χ1v) is 8.33. The van der Waals surface area contributed by atoms with Gasteiger partial charge in [0.15, 0.2) is 10.8 Å². The fourth-order valence-corrected chi connectivity index (χ4v) is 4.05.